The number of nitrogens with zero attached hydrogens (tertiary/aromatic N) is 3. The zero-order valence-corrected chi connectivity index (χ0v) is 36.0. The smallest absolute Gasteiger partial charge is 0.179 e. The molecule has 0 aliphatic carbocycles. The van der Waals surface area contributed by atoms with Crippen LogP contribution in [-0.2, 0) is 0 Å². The molecule has 0 atom stereocenters. The van der Waals surface area contributed by atoms with Crippen molar-refractivity contribution in [1.29, 1.82) is 0 Å². The van der Waals surface area contributed by atoms with Gasteiger partial charge in [0.1, 0.15) is 0 Å². The molecule has 0 saturated carbocycles. The van der Waals surface area contributed by atoms with Crippen LogP contribution in [0.2, 0.25) is 0 Å². The molecule has 13 rings (SSSR count). The first kappa shape index (κ1) is 36.5. The van der Waals surface area contributed by atoms with Gasteiger partial charge in [-0.3, -0.25) is 0 Å². The number of aromatic nitrogens is 3. The molecule has 3 nitrogen and oxygen atoms in total. The van der Waals surface area contributed by atoms with E-state index in [0.29, 0.717) is 0 Å². The second-order valence-electron chi connectivity index (χ2n) is 16.9. The number of rotatable bonds is 7. The minimum Gasteiger partial charge on any atom is -0.309 e. The van der Waals surface area contributed by atoms with Crippen molar-refractivity contribution in [1.82, 2.24) is 13.7 Å². The normalized spacial score (nSPS) is 12.1. The van der Waals surface area contributed by atoms with E-state index in [1.165, 1.54) is 91.9 Å². The number of para-hydroxylation sites is 5. The summed E-state index contributed by atoms with van der Waals surface area (Å²) in [4.78, 5) is 0. The fourth-order valence-corrected chi connectivity index (χ4v) is 15.6. The Balaban J connectivity index is 1.05. The summed E-state index contributed by atoms with van der Waals surface area (Å²) in [5.74, 6) is 0. The van der Waals surface area contributed by atoms with Crippen LogP contribution in [0.4, 0.5) is 0 Å². The fourth-order valence-electron chi connectivity index (χ4n) is 10.9. The van der Waals surface area contributed by atoms with Gasteiger partial charge in [0.05, 0.1) is 33.1 Å². The lowest BCUT2D eigenvalue weighted by Gasteiger charge is -2.35. The third kappa shape index (κ3) is 5.33. The minimum atomic E-state index is -2.92. The lowest BCUT2D eigenvalue weighted by molar-refractivity contribution is 1.17. The Morgan fingerprint density at radius 2 is 0.547 bits per heavy atom. The van der Waals surface area contributed by atoms with Gasteiger partial charge in [-0.15, -0.1) is 0 Å². The number of fused-ring (bicyclic) bond motifs is 9. The average molecular weight is 832 g/mol. The van der Waals surface area contributed by atoms with E-state index in [-0.39, 0.29) is 0 Å². The summed E-state index contributed by atoms with van der Waals surface area (Å²) in [6.07, 6.45) is 0. The summed E-state index contributed by atoms with van der Waals surface area (Å²) in [7, 11) is -2.92. The predicted octanol–water partition coefficient (Wildman–Crippen LogP) is 12.4. The Kier molecular flexibility index (Phi) is 8.23. The summed E-state index contributed by atoms with van der Waals surface area (Å²) in [6, 6.07) is 92.3. The van der Waals surface area contributed by atoms with Gasteiger partial charge < -0.3 is 13.7 Å². The van der Waals surface area contributed by atoms with E-state index in [0.717, 1.165) is 11.4 Å². The van der Waals surface area contributed by atoms with Crippen molar-refractivity contribution in [3.63, 3.8) is 0 Å². The molecule has 0 aliphatic rings. The summed E-state index contributed by atoms with van der Waals surface area (Å²) in [6.45, 7) is 0. The standard InChI is InChI=1S/C60H41N3Si/c1-4-19-42(20-5-1)61-57-33-16-12-29-51(57)53-40-54-52-30-13-17-34-58(52)62(60(54)41-59(53)61)43-35-37-47(38-36-43)64(45-22-6-2-7-23-45,46-24-8-3-9-25-46)48-26-18-21-44(39-48)63-55-31-14-10-27-49(55)50-28-11-15-32-56(50)63/h1-41H. The molecule has 0 bridgehead atoms. The summed E-state index contributed by atoms with van der Waals surface area (Å²) >= 11 is 0. The molecule has 4 heteroatoms. The van der Waals surface area contributed by atoms with Crippen molar-refractivity contribution in [3.05, 3.63) is 249 Å². The minimum absolute atomic E-state index is 1.14. The number of benzene rings is 10. The number of hydrogen-bond donors (Lipinski definition) is 0. The zero-order chi connectivity index (χ0) is 42.2. The molecular formula is C60H41N3Si. The van der Waals surface area contributed by atoms with Crippen LogP contribution in [-0.4, -0.2) is 21.8 Å². The molecular weight excluding hydrogens is 791 g/mol. The zero-order valence-electron chi connectivity index (χ0n) is 35.0. The van der Waals surface area contributed by atoms with E-state index in [1.54, 1.807) is 0 Å². The largest absolute Gasteiger partial charge is 0.309 e. The molecule has 300 valence electrons. The molecule has 0 radical (unpaired) electrons. The molecule has 0 fully saturated rings. The van der Waals surface area contributed by atoms with Crippen LogP contribution in [0, 0.1) is 0 Å². The van der Waals surface area contributed by atoms with Crippen molar-refractivity contribution >= 4 is 94.2 Å². The maximum absolute atomic E-state index is 2.92. The molecule has 10 aromatic carbocycles. The first-order valence-corrected chi connectivity index (χ1v) is 24.1. The second-order valence-corrected chi connectivity index (χ2v) is 20.7. The highest BCUT2D eigenvalue weighted by Gasteiger charge is 2.41. The van der Waals surface area contributed by atoms with Crippen molar-refractivity contribution in [2.75, 3.05) is 0 Å². The molecule has 0 amide bonds. The van der Waals surface area contributed by atoms with E-state index in [2.05, 4.69) is 262 Å². The molecule has 3 heterocycles. The van der Waals surface area contributed by atoms with Crippen molar-refractivity contribution in [3.8, 4) is 17.1 Å². The Labute approximate surface area is 372 Å². The first-order chi connectivity index (χ1) is 31.8. The predicted molar refractivity (Wildman–Crippen MR) is 273 cm³/mol. The second kappa shape index (κ2) is 14.5. The van der Waals surface area contributed by atoms with Crippen LogP contribution in [0.25, 0.3) is 82.5 Å². The molecule has 0 spiro atoms. The van der Waals surface area contributed by atoms with Crippen LogP contribution >= 0.6 is 0 Å². The van der Waals surface area contributed by atoms with Gasteiger partial charge in [0.2, 0.25) is 0 Å². The Morgan fingerprint density at radius 3 is 1.03 bits per heavy atom. The van der Waals surface area contributed by atoms with Crippen LogP contribution in [0.1, 0.15) is 0 Å². The first-order valence-electron chi connectivity index (χ1n) is 22.1. The van der Waals surface area contributed by atoms with E-state index in [4.69, 9.17) is 0 Å². The maximum atomic E-state index is 2.48. The third-order valence-electron chi connectivity index (χ3n) is 13.6. The third-order valence-corrected chi connectivity index (χ3v) is 18.3. The number of hydrogen-bond acceptors (Lipinski definition) is 0. The quantitative estimate of drug-likeness (QED) is 0.112. The molecule has 64 heavy (non-hydrogen) atoms. The van der Waals surface area contributed by atoms with E-state index in [9.17, 15) is 0 Å². The van der Waals surface area contributed by atoms with Crippen LogP contribution in [0.5, 0.6) is 0 Å². The SMILES string of the molecule is c1ccc(-n2c3ccccc3c3cc4c5ccccc5n(-c5ccc([Si](c6ccccc6)(c6ccccc6)c6cccc(-n7c8ccccc8c8ccccc87)c6)cc5)c4cc32)cc1. The van der Waals surface area contributed by atoms with Crippen molar-refractivity contribution in [2.45, 2.75) is 0 Å². The summed E-state index contributed by atoms with van der Waals surface area (Å²) in [5.41, 5.74) is 10.7. The molecule has 0 unspecified atom stereocenters. The maximum Gasteiger partial charge on any atom is 0.179 e. The lowest BCUT2D eigenvalue weighted by Crippen LogP contribution is -2.74. The highest BCUT2D eigenvalue weighted by atomic mass is 28.3. The van der Waals surface area contributed by atoms with Gasteiger partial charge in [-0.1, -0.05) is 176 Å². The molecule has 0 N–H and O–H groups in total. The monoisotopic (exact) mass is 831 g/mol. The Hall–Kier alpha value is -8.18. The fraction of sp³-hybridized carbons (Fsp3) is 0. The van der Waals surface area contributed by atoms with Gasteiger partial charge >= 0.3 is 0 Å². The van der Waals surface area contributed by atoms with Crippen LogP contribution < -0.4 is 20.7 Å². The Morgan fingerprint density at radius 1 is 0.203 bits per heavy atom. The average Bonchev–Trinajstić information content (AvgIpc) is 4.00. The van der Waals surface area contributed by atoms with E-state index in [1.807, 2.05) is 0 Å². The molecule has 13 aromatic rings. The topological polar surface area (TPSA) is 14.8 Å². The van der Waals surface area contributed by atoms with E-state index < -0.39 is 8.07 Å². The van der Waals surface area contributed by atoms with Crippen LogP contribution in [0.3, 0.4) is 0 Å². The highest BCUT2D eigenvalue weighted by molar-refractivity contribution is 7.19. The highest BCUT2D eigenvalue weighted by Crippen LogP contribution is 2.40. The Bertz CT molecular complexity index is 3790. The van der Waals surface area contributed by atoms with Crippen molar-refractivity contribution < 1.29 is 0 Å². The van der Waals surface area contributed by atoms with Gasteiger partial charge in [-0.25, -0.2) is 0 Å². The van der Waals surface area contributed by atoms with Gasteiger partial charge in [0.25, 0.3) is 0 Å². The van der Waals surface area contributed by atoms with Gasteiger partial charge in [-0.2, -0.15) is 0 Å². The van der Waals surface area contributed by atoms with E-state index >= 15 is 0 Å². The van der Waals surface area contributed by atoms with Crippen molar-refractivity contribution in [2.24, 2.45) is 0 Å². The molecule has 0 aliphatic heterocycles. The summed E-state index contributed by atoms with van der Waals surface area (Å²) < 4.78 is 7.34. The van der Waals surface area contributed by atoms with Gasteiger partial charge in [-0.05, 0) is 93.5 Å². The van der Waals surface area contributed by atoms with Gasteiger partial charge in [0.15, 0.2) is 8.07 Å². The molecule has 3 aromatic heterocycles. The van der Waals surface area contributed by atoms with Gasteiger partial charge in [0, 0.05) is 49.4 Å². The lowest BCUT2D eigenvalue weighted by atomic mass is 10.1. The molecule has 0 saturated heterocycles. The summed E-state index contributed by atoms with van der Waals surface area (Å²) in [5, 5.41) is 12.9. The van der Waals surface area contributed by atoms with Crippen LogP contribution in [0.15, 0.2) is 249 Å².